The lowest BCUT2D eigenvalue weighted by Gasteiger charge is -2.36. The first-order valence-corrected chi connectivity index (χ1v) is 22.2. The van der Waals surface area contributed by atoms with E-state index >= 15 is 0 Å². The minimum absolute atomic E-state index is 0.00400. The maximum atomic E-state index is 13.6. The summed E-state index contributed by atoms with van der Waals surface area (Å²) in [6, 6.07) is 2.24. The van der Waals surface area contributed by atoms with Crippen molar-refractivity contribution in [2.45, 2.75) is 126 Å². The summed E-state index contributed by atoms with van der Waals surface area (Å²) >= 11 is 5.53. The number of aliphatic imine (C=N–C) groups is 2. The topological polar surface area (TPSA) is 93.0 Å². The molecular weight excluding hydrogens is 693 g/mol. The van der Waals surface area contributed by atoms with Gasteiger partial charge in [-0.1, -0.05) is 64.2 Å². The Bertz CT molecular complexity index is 2140. The Labute approximate surface area is 309 Å². The van der Waals surface area contributed by atoms with Crippen LogP contribution in [-0.2, 0) is 30.0 Å². The summed E-state index contributed by atoms with van der Waals surface area (Å²) in [5, 5.41) is 0.808. The van der Waals surface area contributed by atoms with Crippen LogP contribution in [-0.4, -0.2) is 34.6 Å². The Morgan fingerprint density at radius 3 is 1.61 bits per heavy atom. The predicted octanol–water partition coefficient (Wildman–Crippen LogP) is 10.2. The third-order valence-corrected chi connectivity index (χ3v) is 18.1. The van der Waals surface area contributed by atoms with Gasteiger partial charge >= 0.3 is 0 Å². The van der Waals surface area contributed by atoms with Gasteiger partial charge in [0.15, 0.2) is 28.8 Å². The Kier molecular flexibility index (Phi) is 7.02. The van der Waals surface area contributed by atoms with Gasteiger partial charge in [-0.2, -0.15) is 0 Å². The molecule has 4 atom stereocenters. The molecule has 11 rings (SSSR count). The SMILES string of the molecule is O=C1C(=NC2=Cc3sc4c5c(sc4c3C23CCCCC3)-c2sc(N=C3C(=O)C4CCCCC4C3=O)cc2C52CCCCC2)C(=O)C2CCCCC12. The zero-order valence-corrected chi connectivity index (χ0v) is 31.4. The molecule has 9 heteroatoms. The summed E-state index contributed by atoms with van der Waals surface area (Å²) in [6.07, 6.45) is 21.0. The number of thiophene rings is 3. The third-order valence-electron chi connectivity index (χ3n) is 14.4. The fourth-order valence-corrected chi connectivity index (χ4v) is 16.5. The van der Waals surface area contributed by atoms with Crippen LogP contribution in [0.2, 0.25) is 0 Å². The van der Waals surface area contributed by atoms with Gasteiger partial charge in [-0.25, -0.2) is 9.98 Å². The van der Waals surface area contributed by atoms with Crippen molar-refractivity contribution in [3.8, 4) is 9.75 Å². The van der Waals surface area contributed by atoms with Gasteiger partial charge in [-0.15, -0.1) is 34.0 Å². The molecule has 0 radical (unpaired) electrons. The van der Waals surface area contributed by atoms with Crippen molar-refractivity contribution in [3.05, 3.63) is 33.3 Å². The lowest BCUT2D eigenvalue weighted by Crippen LogP contribution is -2.30. The molecule has 8 aliphatic rings. The number of rotatable bonds is 2. The second kappa shape index (κ2) is 11.3. The van der Waals surface area contributed by atoms with Crippen molar-refractivity contribution < 1.29 is 19.2 Å². The van der Waals surface area contributed by atoms with Crippen molar-refractivity contribution in [3.63, 3.8) is 0 Å². The normalized spacial score (nSPS) is 30.2. The van der Waals surface area contributed by atoms with E-state index in [1.54, 1.807) is 11.3 Å². The first-order chi connectivity index (χ1) is 24.9. The van der Waals surface area contributed by atoms with Crippen LogP contribution in [0.1, 0.15) is 137 Å². The highest BCUT2D eigenvalue weighted by Crippen LogP contribution is 2.67. The number of carbonyl (C=O) groups is 4. The van der Waals surface area contributed by atoms with Gasteiger partial charge in [0.1, 0.15) is 10.7 Å². The van der Waals surface area contributed by atoms with Crippen LogP contribution in [0.4, 0.5) is 5.00 Å². The molecule has 6 fully saturated rings. The second-order valence-corrected chi connectivity index (χ2v) is 19.9. The van der Waals surface area contributed by atoms with Crippen LogP contribution in [0.15, 0.2) is 21.7 Å². The van der Waals surface area contributed by atoms with E-state index in [9.17, 15) is 19.2 Å². The van der Waals surface area contributed by atoms with Crippen molar-refractivity contribution in [1.29, 1.82) is 0 Å². The van der Waals surface area contributed by atoms with E-state index in [-0.39, 0.29) is 69.1 Å². The van der Waals surface area contributed by atoms with Gasteiger partial charge < -0.3 is 0 Å². The van der Waals surface area contributed by atoms with Gasteiger partial charge in [0, 0.05) is 50.5 Å². The van der Waals surface area contributed by atoms with Crippen LogP contribution in [0.5, 0.6) is 0 Å². The second-order valence-electron chi connectivity index (χ2n) is 16.8. The Balaban J connectivity index is 1.04. The number of hydrogen-bond acceptors (Lipinski definition) is 9. The van der Waals surface area contributed by atoms with Crippen LogP contribution < -0.4 is 0 Å². The standard InChI is InChI=1S/C42H42N2O4S3/c45-33-21-11-3-4-12-22(21)34(46)31(33)43-27-20-26-29(42(27)17-9-2-10-18-42)38-40(49-26)30-39(51-38)37-25(41(30)15-7-1-8-16-41)19-28(50-37)44-32-35(47)23-13-5-6-14-24(23)36(32)48/h19-24H,1-18H2. The van der Waals surface area contributed by atoms with Gasteiger partial charge in [0.05, 0.1) is 24.9 Å². The quantitative estimate of drug-likeness (QED) is 0.262. The first kappa shape index (κ1) is 31.6. The third kappa shape index (κ3) is 4.20. The monoisotopic (exact) mass is 734 g/mol. The molecule has 51 heavy (non-hydrogen) atoms. The van der Waals surface area contributed by atoms with Crippen molar-refractivity contribution >= 4 is 89.0 Å². The van der Waals surface area contributed by atoms with E-state index in [2.05, 4.69) is 12.1 Å². The van der Waals surface area contributed by atoms with E-state index in [4.69, 9.17) is 9.98 Å². The minimum Gasteiger partial charge on any atom is -0.292 e. The van der Waals surface area contributed by atoms with Gasteiger partial charge in [-0.3, -0.25) is 19.2 Å². The summed E-state index contributed by atoms with van der Waals surface area (Å²) < 4.78 is 2.81. The van der Waals surface area contributed by atoms with E-state index < -0.39 is 0 Å². The largest absolute Gasteiger partial charge is 0.292 e. The van der Waals surface area contributed by atoms with E-state index in [1.807, 2.05) is 22.7 Å². The molecule has 0 saturated heterocycles. The van der Waals surface area contributed by atoms with Gasteiger partial charge in [0.2, 0.25) is 0 Å². The highest BCUT2D eigenvalue weighted by Gasteiger charge is 2.54. The van der Waals surface area contributed by atoms with E-state index in [0.717, 1.165) is 101 Å². The van der Waals surface area contributed by atoms with E-state index in [1.165, 1.54) is 66.4 Å². The smallest absolute Gasteiger partial charge is 0.188 e. The fourth-order valence-electron chi connectivity index (χ4n) is 12.0. The lowest BCUT2D eigenvalue weighted by atomic mass is 9.68. The minimum atomic E-state index is -0.249. The highest BCUT2D eigenvalue weighted by atomic mass is 32.1. The van der Waals surface area contributed by atoms with Crippen molar-refractivity contribution in [1.82, 2.24) is 0 Å². The molecule has 0 bridgehead atoms. The predicted molar refractivity (Wildman–Crippen MR) is 205 cm³/mol. The van der Waals surface area contributed by atoms with Crippen LogP contribution in [0, 0.1) is 23.7 Å². The summed E-state index contributed by atoms with van der Waals surface area (Å²) in [7, 11) is 0. The molecule has 8 aliphatic carbocycles. The van der Waals surface area contributed by atoms with Gasteiger partial charge in [0.25, 0.3) is 0 Å². The molecule has 2 spiro atoms. The van der Waals surface area contributed by atoms with Crippen LogP contribution >= 0.6 is 34.0 Å². The number of nitrogens with zero attached hydrogens (tertiary/aromatic N) is 2. The first-order valence-electron chi connectivity index (χ1n) is 19.7. The molecule has 0 aliphatic heterocycles. The molecule has 262 valence electrons. The van der Waals surface area contributed by atoms with Crippen molar-refractivity contribution in [2.24, 2.45) is 33.7 Å². The summed E-state index contributed by atoms with van der Waals surface area (Å²) in [4.78, 5) is 68.0. The number of hydrogen-bond donors (Lipinski definition) is 0. The molecule has 6 nitrogen and oxygen atoms in total. The average Bonchev–Trinajstić information content (AvgIpc) is 4.00. The molecule has 0 aromatic carbocycles. The molecule has 0 amide bonds. The molecule has 0 N–H and O–H groups in total. The number of ketones is 4. The summed E-state index contributed by atoms with van der Waals surface area (Å²) in [6.45, 7) is 0. The number of carbonyl (C=O) groups excluding carboxylic acids is 4. The Hall–Kier alpha value is -2.88. The Morgan fingerprint density at radius 1 is 0.529 bits per heavy atom. The lowest BCUT2D eigenvalue weighted by molar-refractivity contribution is -0.120. The maximum absolute atomic E-state index is 13.6. The number of Topliss-reactive ketones (excluding diaryl/α,β-unsaturated/α-hetero) is 4. The number of allylic oxidation sites excluding steroid dienone is 1. The molecule has 3 heterocycles. The van der Waals surface area contributed by atoms with Gasteiger partial charge in [-0.05, 0) is 69.1 Å². The van der Waals surface area contributed by atoms with Crippen LogP contribution in [0.3, 0.4) is 0 Å². The number of fused-ring (bicyclic) bond motifs is 12. The summed E-state index contributed by atoms with van der Waals surface area (Å²) in [5.74, 6) is -0.706. The van der Waals surface area contributed by atoms with Crippen LogP contribution in [0.25, 0.3) is 25.2 Å². The maximum Gasteiger partial charge on any atom is 0.188 e. The Morgan fingerprint density at radius 2 is 1.04 bits per heavy atom. The van der Waals surface area contributed by atoms with E-state index in [0.29, 0.717) is 0 Å². The molecular formula is C42H42N2O4S3. The summed E-state index contributed by atoms with van der Waals surface area (Å²) in [5.41, 5.74) is 5.38. The fraction of sp³-hybridized carbons (Fsp3) is 0.571. The molecule has 6 saturated carbocycles. The van der Waals surface area contributed by atoms with Crippen molar-refractivity contribution in [2.75, 3.05) is 0 Å². The zero-order chi connectivity index (χ0) is 34.2. The zero-order valence-electron chi connectivity index (χ0n) is 28.9. The molecule has 3 aromatic heterocycles. The molecule has 4 unspecified atom stereocenters. The molecule has 3 aromatic rings. The highest BCUT2D eigenvalue weighted by molar-refractivity contribution is 7.33. The average molecular weight is 735 g/mol.